The van der Waals surface area contributed by atoms with Crippen molar-refractivity contribution in [2.24, 2.45) is 5.92 Å². The maximum absolute atomic E-state index is 12.8. The van der Waals surface area contributed by atoms with E-state index in [1.54, 1.807) is 6.33 Å². The van der Waals surface area contributed by atoms with E-state index in [2.05, 4.69) is 40.3 Å². The third-order valence-electron chi connectivity index (χ3n) is 4.95. The number of carbonyl (C=O) groups excluding carboxylic acids is 1. The Morgan fingerprint density at radius 1 is 1.29 bits per heavy atom. The number of nitrogens with zero attached hydrogens (tertiary/aromatic N) is 2. The van der Waals surface area contributed by atoms with Gasteiger partial charge in [-0.15, -0.1) is 0 Å². The van der Waals surface area contributed by atoms with Crippen molar-refractivity contribution in [2.75, 3.05) is 7.05 Å². The molecule has 1 heterocycles. The highest BCUT2D eigenvalue weighted by atomic mass is 16.2. The summed E-state index contributed by atoms with van der Waals surface area (Å²) < 4.78 is 0. The molecule has 1 aliphatic carbocycles. The van der Waals surface area contributed by atoms with E-state index in [9.17, 15) is 4.79 Å². The zero-order valence-corrected chi connectivity index (χ0v) is 13.8. The number of amides is 1. The monoisotopic (exact) mass is 321 g/mol. The third-order valence-corrected chi connectivity index (χ3v) is 4.95. The molecule has 0 bridgehead atoms. The summed E-state index contributed by atoms with van der Waals surface area (Å²) in [5, 5.41) is 2.45. The minimum atomic E-state index is 0. The summed E-state index contributed by atoms with van der Waals surface area (Å²) in [6.45, 7) is 0.649. The van der Waals surface area contributed by atoms with Gasteiger partial charge in [0.15, 0.2) is 0 Å². The average Bonchev–Trinajstić information content (AvgIpc) is 3.08. The molecular weight excluding hydrogens is 298 g/mol. The third kappa shape index (κ3) is 2.80. The number of aryl methyl sites for hydroxylation is 1. The standard InChI is InChI=1S/C20H21N3O.H2/c1-23(12-14-6-7-15-4-2-3-5-16(15)10-14)20(24)17-8-9-18-19(11-17)22-13-21-18;/h2-7,10,13,17H,8-9,11-12H2,1H3,(H,21,22);1H. The van der Waals surface area contributed by atoms with Crippen LogP contribution in [0.2, 0.25) is 0 Å². The van der Waals surface area contributed by atoms with E-state index in [1.165, 1.54) is 16.3 Å². The van der Waals surface area contributed by atoms with Gasteiger partial charge in [-0.05, 0) is 35.2 Å². The first-order valence-corrected chi connectivity index (χ1v) is 8.44. The van der Waals surface area contributed by atoms with Crippen molar-refractivity contribution in [3.05, 3.63) is 65.7 Å². The van der Waals surface area contributed by atoms with Gasteiger partial charge in [0.25, 0.3) is 0 Å². The van der Waals surface area contributed by atoms with Crippen LogP contribution in [0.25, 0.3) is 10.8 Å². The summed E-state index contributed by atoms with van der Waals surface area (Å²) in [6, 6.07) is 14.7. The van der Waals surface area contributed by atoms with Gasteiger partial charge in [-0.3, -0.25) is 4.79 Å². The number of aromatic nitrogens is 2. The Morgan fingerprint density at radius 3 is 3.00 bits per heavy atom. The molecule has 4 nitrogen and oxygen atoms in total. The van der Waals surface area contributed by atoms with Crippen LogP contribution in [0.1, 0.15) is 24.8 Å². The maximum atomic E-state index is 12.8. The van der Waals surface area contributed by atoms with E-state index >= 15 is 0 Å². The number of benzene rings is 2. The number of carbonyl (C=O) groups is 1. The number of imidazole rings is 1. The van der Waals surface area contributed by atoms with E-state index < -0.39 is 0 Å². The average molecular weight is 321 g/mol. The summed E-state index contributed by atoms with van der Waals surface area (Å²) in [5.74, 6) is 0.284. The Labute approximate surface area is 143 Å². The van der Waals surface area contributed by atoms with Crippen molar-refractivity contribution in [3.8, 4) is 0 Å². The first-order valence-electron chi connectivity index (χ1n) is 8.44. The van der Waals surface area contributed by atoms with Gasteiger partial charge in [0.05, 0.1) is 12.0 Å². The Kier molecular flexibility index (Phi) is 3.81. The van der Waals surface area contributed by atoms with Crippen LogP contribution in [0.3, 0.4) is 0 Å². The van der Waals surface area contributed by atoms with E-state index in [0.29, 0.717) is 6.54 Å². The van der Waals surface area contributed by atoms with Crippen LogP contribution < -0.4 is 0 Å². The Hall–Kier alpha value is -2.62. The highest BCUT2D eigenvalue weighted by Crippen LogP contribution is 2.25. The second-order valence-electron chi connectivity index (χ2n) is 6.64. The topological polar surface area (TPSA) is 49.0 Å². The molecule has 3 aromatic rings. The number of fused-ring (bicyclic) bond motifs is 2. The van der Waals surface area contributed by atoms with Crippen molar-refractivity contribution < 1.29 is 6.22 Å². The lowest BCUT2D eigenvalue weighted by Crippen LogP contribution is -2.35. The van der Waals surface area contributed by atoms with Crippen LogP contribution in [0, 0.1) is 5.92 Å². The lowest BCUT2D eigenvalue weighted by atomic mass is 9.88. The predicted octanol–water partition coefficient (Wildman–Crippen LogP) is 3.57. The fraction of sp³-hybridized carbons (Fsp3) is 0.300. The summed E-state index contributed by atoms with van der Waals surface area (Å²) in [7, 11) is 1.90. The molecule has 2 aromatic carbocycles. The molecule has 1 aliphatic rings. The zero-order chi connectivity index (χ0) is 16.5. The molecule has 0 spiro atoms. The van der Waals surface area contributed by atoms with Gasteiger partial charge in [-0.25, -0.2) is 4.98 Å². The Balaban J connectivity index is 0.00000182. The van der Waals surface area contributed by atoms with Crippen LogP contribution in [0.4, 0.5) is 0 Å². The quantitative estimate of drug-likeness (QED) is 0.801. The molecule has 0 aliphatic heterocycles. The lowest BCUT2D eigenvalue weighted by Gasteiger charge is -2.26. The van der Waals surface area contributed by atoms with E-state index in [0.717, 1.165) is 30.7 Å². The fourth-order valence-electron chi connectivity index (χ4n) is 3.61. The Morgan fingerprint density at radius 2 is 2.12 bits per heavy atom. The van der Waals surface area contributed by atoms with Crippen molar-refractivity contribution in [2.45, 2.75) is 25.8 Å². The molecule has 0 radical (unpaired) electrons. The molecule has 0 saturated carbocycles. The van der Waals surface area contributed by atoms with Gasteiger partial charge in [-0.2, -0.15) is 0 Å². The van der Waals surface area contributed by atoms with Gasteiger partial charge >= 0.3 is 0 Å². The predicted molar refractivity (Wildman–Crippen MR) is 96.6 cm³/mol. The van der Waals surface area contributed by atoms with Crippen LogP contribution in [-0.4, -0.2) is 27.8 Å². The highest BCUT2D eigenvalue weighted by Gasteiger charge is 2.28. The minimum Gasteiger partial charge on any atom is -0.348 e. The van der Waals surface area contributed by atoms with Gasteiger partial charge in [-0.1, -0.05) is 36.4 Å². The molecule has 4 heteroatoms. The second kappa shape index (κ2) is 6.11. The summed E-state index contributed by atoms with van der Waals surface area (Å²) >= 11 is 0. The van der Waals surface area contributed by atoms with Crippen LogP contribution in [0.5, 0.6) is 0 Å². The van der Waals surface area contributed by atoms with Gasteiger partial charge < -0.3 is 9.88 Å². The molecule has 0 saturated heterocycles. The van der Waals surface area contributed by atoms with Crippen LogP contribution >= 0.6 is 0 Å². The van der Waals surface area contributed by atoms with Gasteiger partial charge in [0.1, 0.15) is 0 Å². The summed E-state index contributed by atoms with van der Waals surface area (Å²) in [6.07, 6.45) is 4.28. The van der Waals surface area contributed by atoms with Crippen LogP contribution in [0.15, 0.2) is 48.8 Å². The molecule has 1 amide bonds. The van der Waals surface area contributed by atoms with Gasteiger partial charge in [0.2, 0.25) is 5.91 Å². The summed E-state index contributed by atoms with van der Waals surface area (Å²) in [4.78, 5) is 22.1. The molecular formula is C20H23N3O. The molecule has 1 aromatic heterocycles. The molecule has 1 N–H and O–H groups in total. The molecule has 0 fully saturated rings. The number of H-pyrrole nitrogens is 1. The number of hydrogen-bond donors (Lipinski definition) is 1. The van der Waals surface area contributed by atoms with Crippen molar-refractivity contribution in [1.82, 2.24) is 14.9 Å². The Bertz CT molecular complexity index is 889. The molecule has 24 heavy (non-hydrogen) atoms. The lowest BCUT2D eigenvalue weighted by molar-refractivity contribution is -0.135. The van der Waals surface area contributed by atoms with E-state index in [4.69, 9.17) is 0 Å². The number of rotatable bonds is 3. The fourth-order valence-corrected chi connectivity index (χ4v) is 3.61. The van der Waals surface area contributed by atoms with E-state index in [1.807, 2.05) is 24.1 Å². The maximum Gasteiger partial charge on any atom is 0.226 e. The normalized spacial score (nSPS) is 16.8. The van der Waals surface area contributed by atoms with E-state index in [-0.39, 0.29) is 13.3 Å². The smallest absolute Gasteiger partial charge is 0.226 e. The largest absolute Gasteiger partial charge is 0.348 e. The first kappa shape index (κ1) is 14.9. The van der Waals surface area contributed by atoms with Crippen molar-refractivity contribution >= 4 is 16.7 Å². The molecule has 1 atom stereocenters. The second-order valence-corrected chi connectivity index (χ2v) is 6.64. The summed E-state index contributed by atoms with van der Waals surface area (Å²) in [5.41, 5.74) is 3.41. The van der Waals surface area contributed by atoms with Gasteiger partial charge in [0, 0.05) is 33.1 Å². The number of hydrogen-bond acceptors (Lipinski definition) is 2. The van der Waals surface area contributed by atoms with Crippen LogP contribution in [-0.2, 0) is 24.2 Å². The molecule has 4 rings (SSSR count). The number of aromatic amines is 1. The molecule has 124 valence electrons. The SMILES string of the molecule is CN(Cc1ccc2ccccc2c1)C(=O)C1CCc2nc[nH]c2C1.[HH]. The minimum absolute atomic E-state index is 0. The molecule has 1 unspecified atom stereocenters. The van der Waals surface area contributed by atoms with Crippen molar-refractivity contribution in [3.63, 3.8) is 0 Å². The zero-order valence-electron chi connectivity index (χ0n) is 13.8. The highest BCUT2D eigenvalue weighted by molar-refractivity contribution is 5.83. The van der Waals surface area contributed by atoms with Crippen molar-refractivity contribution in [1.29, 1.82) is 0 Å². The number of nitrogens with one attached hydrogen (secondary N) is 1. The first-order chi connectivity index (χ1) is 11.7.